The molecular formula is C30H29N3O5S2. The number of amides is 1. The van der Waals surface area contributed by atoms with Crippen molar-refractivity contribution in [3.63, 3.8) is 0 Å². The van der Waals surface area contributed by atoms with Crippen LogP contribution in [0.2, 0.25) is 0 Å². The maximum atomic E-state index is 13.3. The van der Waals surface area contributed by atoms with Crippen molar-refractivity contribution < 1.29 is 22.7 Å². The molecule has 0 atom stereocenters. The summed E-state index contributed by atoms with van der Waals surface area (Å²) in [4.78, 5) is 29.7. The number of hydrogen-bond donors (Lipinski definition) is 2. The highest BCUT2D eigenvalue weighted by molar-refractivity contribution is 7.92. The molecule has 1 aliphatic rings. The SMILES string of the molecule is CCOC(=O)c1c(NC(=O)c2cccc(NS(=O)(=O)c3ccccc3)c2)sc2c1CCN(Cc1ccccc1)C2. The number of sulfonamides is 1. The zero-order valence-electron chi connectivity index (χ0n) is 21.9. The fourth-order valence-corrected chi connectivity index (χ4v) is 7.00. The molecule has 40 heavy (non-hydrogen) atoms. The zero-order valence-corrected chi connectivity index (χ0v) is 23.6. The first kappa shape index (κ1) is 27.6. The Labute approximate surface area is 237 Å². The van der Waals surface area contributed by atoms with Crippen molar-refractivity contribution in [2.75, 3.05) is 23.2 Å². The van der Waals surface area contributed by atoms with Gasteiger partial charge in [0.1, 0.15) is 5.00 Å². The van der Waals surface area contributed by atoms with Gasteiger partial charge < -0.3 is 10.1 Å². The van der Waals surface area contributed by atoms with Crippen LogP contribution in [-0.4, -0.2) is 38.3 Å². The molecule has 0 saturated carbocycles. The molecule has 5 rings (SSSR count). The number of anilines is 2. The van der Waals surface area contributed by atoms with Gasteiger partial charge in [0, 0.05) is 35.8 Å². The Kier molecular flexibility index (Phi) is 8.29. The maximum absolute atomic E-state index is 13.3. The number of fused-ring (bicyclic) bond motifs is 1. The molecule has 2 N–H and O–H groups in total. The van der Waals surface area contributed by atoms with Crippen molar-refractivity contribution in [1.82, 2.24) is 4.90 Å². The number of carbonyl (C=O) groups excluding carboxylic acids is 2. The Hall–Kier alpha value is -3.99. The number of esters is 1. The first-order valence-corrected chi connectivity index (χ1v) is 15.2. The lowest BCUT2D eigenvalue weighted by atomic mass is 10.0. The number of ether oxygens (including phenoxy) is 1. The van der Waals surface area contributed by atoms with Gasteiger partial charge in [-0.25, -0.2) is 13.2 Å². The average molecular weight is 576 g/mol. The third-order valence-corrected chi connectivity index (χ3v) is 9.05. The Balaban J connectivity index is 1.37. The highest BCUT2D eigenvalue weighted by atomic mass is 32.2. The van der Waals surface area contributed by atoms with Crippen molar-refractivity contribution in [3.8, 4) is 0 Å². The van der Waals surface area contributed by atoms with E-state index < -0.39 is 21.9 Å². The Bertz CT molecular complexity index is 1620. The fourth-order valence-electron chi connectivity index (χ4n) is 4.65. The monoisotopic (exact) mass is 575 g/mol. The second kappa shape index (κ2) is 12.0. The smallest absolute Gasteiger partial charge is 0.341 e. The largest absolute Gasteiger partial charge is 0.462 e. The molecule has 3 aromatic carbocycles. The van der Waals surface area contributed by atoms with Crippen LogP contribution in [0.4, 0.5) is 10.7 Å². The number of nitrogens with one attached hydrogen (secondary N) is 2. The van der Waals surface area contributed by atoms with Crippen molar-refractivity contribution in [2.24, 2.45) is 0 Å². The lowest BCUT2D eigenvalue weighted by molar-refractivity contribution is 0.0526. The maximum Gasteiger partial charge on any atom is 0.341 e. The average Bonchev–Trinajstić information content (AvgIpc) is 3.31. The van der Waals surface area contributed by atoms with Crippen LogP contribution >= 0.6 is 11.3 Å². The van der Waals surface area contributed by atoms with Crippen LogP contribution < -0.4 is 10.0 Å². The first-order chi connectivity index (χ1) is 19.3. The number of thiophene rings is 1. The molecule has 0 spiro atoms. The summed E-state index contributed by atoms with van der Waals surface area (Å²) < 4.78 is 33.4. The van der Waals surface area contributed by atoms with Gasteiger partial charge in [0.05, 0.1) is 17.1 Å². The molecule has 0 saturated heterocycles. The summed E-state index contributed by atoms with van der Waals surface area (Å²) in [6, 6.07) is 24.5. The van der Waals surface area contributed by atoms with E-state index >= 15 is 0 Å². The lowest BCUT2D eigenvalue weighted by Crippen LogP contribution is -2.29. The molecule has 1 aromatic heterocycles. The predicted molar refractivity (Wildman–Crippen MR) is 156 cm³/mol. The summed E-state index contributed by atoms with van der Waals surface area (Å²) >= 11 is 1.38. The Morgan fingerprint density at radius 3 is 2.42 bits per heavy atom. The summed E-state index contributed by atoms with van der Waals surface area (Å²) in [6.07, 6.45) is 0.666. The topological polar surface area (TPSA) is 105 Å². The summed E-state index contributed by atoms with van der Waals surface area (Å²) in [5, 5.41) is 3.33. The van der Waals surface area contributed by atoms with Crippen molar-refractivity contribution in [2.45, 2.75) is 31.3 Å². The molecule has 8 nitrogen and oxygen atoms in total. The van der Waals surface area contributed by atoms with Gasteiger partial charge >= 0.3 is 5.97 Å². The zero-order chi connectivity index (χ0) is 28.1. The van der Waals surface area contributed by atoms with E-state index in [-0.39, 0.29) is 22.8 Å². The number of nitrogens with zero attached hydrogens (tertiary/aromatic N) is 1. The lowest BCUT2D eigenvalue weighted by Gasteiger charge is -2.27. The minimum Gasteiger partial charge on any atom is -0.462 e. The molecule has 0 fully saturated rings. The summed E-state index contributed by atoms with van der Waals surface area (Å²) in [5.41, 5.74) is 3.02. The van der Waals surface area contributed by atoms with Crippen LogP contribution in [0.5, 0.6) is 0 Å². The van der Waals surface area contributed by atoms with E-state index in [0.29, 0.717) is 23.5 Å². The summed E-state index contributed by atoms with van der Waals surface area (Å²) in [5.74, 6) is -0.915. The Morgan fingerprint density at radius 2 is 1.70 bits per heavy atom. The van der Waals surface area contributed by atoms with E-state index in [2.05, 4.69) is 27.1 Å². The van der Waals surface area contributed by atoms with Gasteiger partial charge in [0.15, 0.2) is 0 Å². The molecule has 4 aromatic rings. The van der Waals surface area contributed by atoms with E-state index in [1.165, 1.54) is 35.1 Å². The van der Waals surface area contributed by atoms with Crippen molar-refractivity contribution in [3.05, 3.63) is 112 Å². The van der Waals surface area contributed by atoms with E-state index in [9.17, 15) is 18.0 Å². The van der Waals surface area contributed by atoms with E-state index in [1.807, 2.05) is 18.2 Å². The van der Waals surface area contributed by atoms with Crippen LogP contribution in [0.3, 0.4) is 0 Å². The van der Waals surface area contributed by atoms with E-state index in [0.717, 1.165) is 23.5 Å². The first-order valence-electron chi connectivity index (χ1n) is 12.9. The molecule has 1 aliphatic heterocycles. The van der Waals surface area contributed by atoms with Gasteiger partial charge in [-0.15, -0.1) is 11.3 Å². The van der Waals surface area contributed by atoms with Gasteiger partial charge in [0.2, 0.25) is 0 Å². The van der Waals surface area contributed by atoms with Gasteiger partial charge in [-0.2, -0.15) is 0 Å². The standard InChI is InChI=1S/C30H29N3O5S2/c1-2-38-30(35)27-25-16-17-33(19-21-10-5-3-6-11-21)20-26(25)39-29(27)31-28(34)22-12-9-13-23(18-22)32-40(36,37)24-14-7-4-8-15-24/h3-15,18,32H,2,16-17,19-20H2,1H3,(H,31,34). The fraction of sp³-hybridized carbons (Fsp3) is 0.200. The molecule has 0 aliphatic carbocycles. The van der Waals surface area contributed by atoms with E-state index in [4.69, 9.17) is 4.74 Å². The van der Waals surface area contributed by atoms with Gasteiger partial charge in [-0.3, -0.25) is 14.4 Å². The van der Waals surface area contributed by atoms with Crippen LogP contribution in [0.25, 0.3) is 0 Å². The minimum absolute atomic E-state index is 0.120. The second-order valence-corrected chi connectivity index (χ2v) is 12.1. The van der Waals surface area contributed by atoms with Gasteiger partial charge in [-0.05, 0) is 54.8 Å². The van der Waals surface area contributed by atoms with Crippen molar-refractivity contribution in [1.29, 1.82) is 0 Å². The quantitative estimate of drug-likeness (QED) is 0.254. The summed E-state index contributed by atoms with van der Waals surface area (Å²) in [7, 11) is -3.81. The van der Waals surface area contributed by atoms with Gasteiger partial charge in [0.25, 0.3) is 15.9 Å². The van der Waals surface area contributed by atoms with Crippen LogP contribution in [0, 0.1) is 0 Å². The molecule has 0 unspecified atom stereocenters. The minimum atomic E-state index is -3.81. The van der Waals surface area contributed by atoms with Gasteiger partial charge in [-0.1, -0.05) is 54.6 Å². The van der Waals surface area contributed by atoms with Crippen molar-refractivity contribution >= 4 is 43.9 Å². The van der Waals surface area contributed by atoms with Crippen LogP contribution in [-0.2, 0) is 34.3 Å². The van der Waals surface area contributed by atoms with Crippen LogP contribution in [0.15, 0.2) is 89.8 Å². The molecule has 2 heterocycles. The molecular weight excluding hydrogens is 546 g/mol. The molecule has 10 heteroatoms. The normalized spacial score (nSPS) is 13.3. The third-order valence-electron chi connectivity index (χ3n) is 6.52. The summed E-state index contributed by atoms with van der Waals surface area (Å²) in [6.45, 7) is 4.20. The number of hydrogen-bond acceptors (Lipinski definition) is 7. The highest BCUT2D eigenvalue weighted by Gasteiger charge is 2.30. The number of benzene rings is 3. The third kappa shape index (κ3) is 6.25. The highest BCUT2D eigenvalue weighted by Crippen LogP contribution is 2.38. The Morgan fingerprint density at radius 1 is 0.975 bits per heavy atom. The number of rotatable bonds is 9. The molecule has 0 bridgehead atoms. The predicted octanol–water partition coefficient (Wildman–Crippen LogP) is 5.54. The second-order valence-electron chi connectivity index (χ2n) is 9.33. The molecule has 206 valence electrons. The van der Waals surface area contributed by atoms with Crippen LogP contribution in [0.1, 0.15) is 43.6 Å². The molecule has 0 radical (unpaired) electrons. The number of carbonyl (C=O) groups is 2. The molecule has 1 amide bonds. The van der Waals surface area contributed by atoms with E-state index in [1.54, 1.807) is 43.3 Å².